The van der Waals surface area contributed by atoms with Gasteiger partial charge >= 0.3 is 0 Å². The Hall–Kier alpha value is 0.210. The minimum absolute atomic E-state index is 0.436. The van der Waals surface area contributed by atoms with Crippen molar-refractivity contribution >= 4 is 11.6 Å². The molecule has 0 bridgehead atoms. The lowest BCUT2D eigenvalue weighted by Crippen LogP contribution is -2.29. The van der Waals surface area contributed by atoms with E-state index in [1.54, 1.807) is 0 Å². The van der Waals surface area contributed by atoms with Crippen LogP contribution in [0, 0.1) is 11.8 Å². The maximum atomic E-state index is 6.09. The second kappa shape index (κ2) is 9.18. The third-order valence-electron chi connectivity index (χ3n) is 3.47. The van der Waals surface area contributed by atoms with Crippen molar-refractivity contribution in [2.24, 2.45) is 11.8 Å². The van der Waals surface area contributed by atoms with Gasteiger partial charge in [-0.25, -0.2) is 0 Å². The van der Waals surface area contributed by atoms with Crippen LogP contribution in [0.25, 0.3) is 0 Å². The number of ether oxygens (including phenoxy) is 1. The first-order chi connectivity index (χ1) is 8.18. The summed E-state index contributed by atoms with van der Waals surface area (Å²) in [6.45, 7) is 8.33. The van der Waals surface area contributed by atoms with Crippen LogP contribution >= 0.6 is 11.6 Å². The van der Waals surface area contributed by atoms with Gasteiger partial charge in [0, 0.05) is 18.5 Å². The number of hydrogen-bond donors (Lipinski definition) is 1. The van der Waals surface area contributed by atoms with Crippen LogP contribution in [0.1, 0.15) is 46.0 Å². The summed E-state index contributed by atoms with van der Waals surface area (Å²) in [5.74, 6) is 1.58. The molecule has 102 valence electrons. The number of hydrogen-bond acceptors (Lipinski definition) is 2. The first-order valence-corrected chi connectivity index (χ1v) is 7.54. The molecule has 1 fully saturated rings. The summed E-state index contributed by atoms with van der Waals surface area (Å²) in [6.07, 6.45) is 6.13. The zero-order valence-corrected chi connectivity index (χ0v) is 12.1. The highest BCUT2D eigenvalue weighted by molar-refractivity contribution is 6.20. The topological polar surface area (TPSA) is 21.3 Å². The lowest BCUT2D eigenvalue weighted by atomic mass is 9.89. The lowest BCUT2D eigenvalue weighted by molar-refractivity contribution is 0.124. The van der Waals surface area contributed by atoms with Gasteiger partial charge in [-0.05, 0) is 50.5 Å². The number of halogens is 1. The summed E-state index contributed by atoms with van der Waals surface area (Å²) < 4.78 is 5.57. The summed E-state index contributed by atoms with van der Waals surface area (Å²) in [6, 6.07) is 0. The monoisotopic (exact) mass is 261 g/mol. The van der Waals surface area contributed by atoms with E-state index >= 15 is 0 Å². The fourth-order valence-electron chi connectivity index (χ4n) is 2.20. The van der Waals surface area contributed by atoms with Crippen molar-refractivity contribution in [3.8, 4) is 0 Å². The average Bonchev–Trinajstić information content (AvgIpc) is 2.30. The molecule has 1 saturated carbocycles. The van der Waals surface area contributed by atoms with E-state index in [4.69, 9.17) is 16.3 Å². The summed E-state index contributed by atoms with van der Waals surface area (Å²) in [7, 11) is 0. The Morgan fingerprint density at radius 1 is 1.18 bits per heavy atom. The molecule has 0 atom stereocenters. The van der Waals surface area contributed by atoms with Gasteiger partial charge in [0.25, 0.3) is 0 Å². The third-order valence-corrected chi connectivity index (χ3v) is 3.91. The quantitative estimate of drug-likeness (QED) is 0.534. The van der Waals surface area contributed by atoms with Crippen molar-refractivity contribution in [1.29, 1.82) is 0 Å². The molecule has 0 unspecified atom stereocenters. The maximum Gasteiger partial charge on any atom is 0.0590 e. The fraction of sp³-hybridized carbons (Fsp3) is 1.00. The fourth-order valence-corrected chi connectivity index (χ4v) is 2.45. The third kappa shape index (κ3) is 8.01. The Balaban J connectivity index is 1.84. The highest BCUT2D eigenvalue weighted by Crippen LogP contribution is 2.26. The Bertz CT molecular complexity index is 179. The number of alkyl halides is 1. The van der Waals surface area contributed by atoms with Gasteiger partial charge in [-0.1, -0.05) is 13.8 Å². The molecule has 1 N–H and O–H groups in total. The molecule has 0 aliphatic heterocycles. The van der Waals surface area contributed by atoms with Gasteiger partial charge in [-0.2, -0.15) is 0 Å². The molecule has 2 nitrogen and oxygen atoms in total. The first-order valence-electron chi connectivity index (χ1n) is 7.11. The van der Waals surface area contributed by atoms with Crippen LogP contribution in [-0.2, 0) is 4.74 Å². The summed E-state index contributed by atoms with van der Waals surface area (Å²) >= 11 is 6.09. The van der Waals surface area contributed by atoms with Crippen molar-refractivity contribution in [3.63, 3.8) is 0 Å². The van der Waals surface area contributed by atoms with Gasteiger partial charge < -0.3 is 10.1 Å². The molecule has 3 heteroatoms. The van der Waals surface area contributed by atoms with Crippen LogP contribution in [-0.4, -0.2) is 31.7 Å². The van der Waals surface area contributed by atoms with E-state index in [1.165, 1.54) is 32.1 Å². The second-order valence-corrected chi connectivity index (χ2v) is 6.23. The number of nitrogens with one attached hydrogen (secondary N) is 1. The Morgan fingerprint density at radius 3 is 2.53 bits per heavy atom. The molecule has 1 aliphatic carbocycles. The van der Waals surface area contributed by atoms with E-state index in [1.807, 2.05) is 0 Å². The minimum Gasteiger partial charge on any atom is -0.380 e. The zero-order chi connectivity index (χ0) is 12.5. The van der Waals surface area contributed by atoms with Gasteiger partial charge in [0.1, 0.15) is 0 Å². The van der Waals surface area contributed by atoms with E-state index in [0.717, 1.165) is 38.1 Å². The van der Waals surface area contributed by atoms with Crippen LogP contribution in [0.5, 0.6) is 0 Å². The standard InChI is InChI=1S/C14H28ClNO/c1-12(2)7-9-17-10-8-16-11-13-3-5-14(15)6-4-13/h12-14,16H,3-11H2,1-2H3. The largest absolute Gasteiger partial charge is 0.380 e. The molecular weight excluding hydrogens is 234 g/mol. The van der Waals surface area contributed by atoms with Crippen LogP contribution in [0.2, 0.25) is 0 Å². The first kappa shape index (κ1) is 15.3. The Morgan fingerprint density at radius 2 is 1.88 bits per heavy atom. The molecule has 0 aromatic carbocycles. The maximum absolute atomic E-state index is 6.09. The highest BCUT2D eigenvalue weighted by atomic mass is 35.5. The van der Waals surface area contributed by atoms with Gasteiger partial charge in [0.2, 0.25) is 0 Å². The van der Waals surface area contributed by atoms with E-state index in [0.29, 0.717) is 5.38 Å². The van der Waals surface area contributed by atoms with Crippen LogP contribution in [0.15, 0.2) is 0 Å². The highest BCUT2D eigenvalue weighted by Gasteiger charge is 2.18. The van der Waals surface area contributed by atoms with Crippen molar-refractivity contribution < 1.29 is 4.74 Å². The lowest BCUT2D eigenvalue weighted by Gasteiger charge is -2.25. The molecule has 0 spiro atoms. The molecule has 0 saturated heterocycles. The van der Waals surface area contributed by atoms with Crippen molar-refractivity contribution in [1.82, 2.24) is 5.32 Å². The molecule has 17 heavy (non-hydrogen) atoms. The van der Waals surface area contributed by atoms with Crippen molar-refractivity contribution in [3.05, 3.63) is 0 Å². The summed E-state index contributed by atoms with van der Waals surface area (Å²) in [5, 5.41) is 3.93. The SMILES string of the molecule is CC(C)CCOCCNCC1CCC(Cl)CC1. The zero-order valence-electron chi connectivity index (χ0n) is 11.4. The molecule has 0 heterocycles. The predicted octanol–water partition coefficient (Wildman–Crippen LogP) is 3.44. The second-order valence-electron chi connectivity index (χ2n) is 5.62. The molecule has 0 amide bonds. The summed E-state index contributed by atoms with van der Waals surface area (Å²) in [5.41, 5.74) is 0. The van der Waals surface area contributed by atoms with Gasteiger partial charge in [-0.3, -0.25) is 0 Å². The van der Waals surface area contributed by atoms with Gasteiger partial charge in [0.15, 0.2) is 0 Å². The van der Waals surface area contributed by atoms with Crippen LogP contribution in [0.3, 0.4) is 0 Å². The van der Waals surface area contributed by atoms with Gasteiger partial charge in [-0.15, -0.1) is 11.6 Å². The van der Waals surface area contributed by atoms with E-state index < -0.39 is 0 Å². The smallest absolute Gasteiger partial charge is 0.0590 e. The predicted molar refractivity (Wildman–Crippen MR) is 74.7 cm³/mol. The molecule has 1 rings (SSSR count). The summed E-state index contributed by atoms with van der Waals surface area (Å²) in [4.78, 5) is 0. The van der Waals surface area contributed by atoms with Crippen LogP contribution in [0.4, 0.5) is 0 Å². The molecule has 0 aromatic heterocycles. The van der Waals surface area contributed by atoms with Crippen LogP contribution < -0.4 is 5.32 Å². The Kier molecular flexibility index (Phi) is 8.25. The molecule has 0 radical (unpaired) electrons. The van der Waals surface area contributed by atoms with E-state index in [-0.39, 0.29) is 0 Å². The average molecular weight is 262 g/mol. The van der Waals surface area contributed by atoms with E-state index in [2.05, 4.69) is 19.2 Å². The molecule has 1 aliphatic rings. The Labute approximate surface area is 111 Å². The van der Waals surface area contributed by atoms with E-state index in [9.17, 15) is 0 Å². The van der Waals surface area contributed by atoms with Crippen molar-refractivity contribution in [2.45, 2.75) is 51.3 Å². The molecule has 0 aromatic rings. The normalized spacial score (nSPS) is 25.4. The number of rotatable bonds is 8. The molecular formula is C14H28ClNO. The van der Waals surface area contributed by atoms with Crippen molar-refractivity contribution in [2.75, 3.05) is 26.3 Å². The minimum atomic E-state index is 0.436. The van der Waals surface area contributed by atoms with Gasteiger partial charge in [0.05, 0.1) is 6.61 Å².